The van der Waals surface area contributed by atoms with Gasteiger partial charge in [0.1, 0.15) is 5.60 Å². The summed E-state index contributed by atoms with van der Waals surface area (Å²) in [7, 11) is 0. The summed E-state index contributed by atoms with van der Waals surface area (Å²) in [6.45, 7) is 3.35. The second-order valence-electron chi connectivity index (χ2n) is 3.69. The summed E-state index contributed by atoms with van der Waals surface area (Å²) in [5.41, 5.74) is -0.680. The predicted octanol–water partition coefficient (Wildman–Crippen LogP) is 2.37. The van der Waals surface area contributed by atoms with Crippen molar-refractivity contribution in [3.05, 3.63) is 29.8 Å². The van der Waals surface area contributed by atoms with E-state index in [1.807, 2.05) is 18.4 Å². The Morgan fingerprint density at radius 3 is 2.25 bits per heavy atom. The molecular formula is C12H16BO2S. The fourth-order valence-electron chi connectivity index (χ4n) is 1.21. The molecule has 0 unspecified atom stereocenters. The lowest BCUT2D eigenvalue weighted by atomic mass is 9.92. The topological polar surface area (TPSA) is 37.3 Å². The van der Waals surface area contributed by atoms with Crippen molar-refractivity contribution in [2.24, 2.45) is 0 Å². The van der Waals surface area contributed by atoms with Gasteiger partial charge in [-0.15, -0.1) is 11.8 Å². The lowest BCUT2D eigenvalue weighted by Gasteiger charge is -2.19. The Balaban J connectivity index is 0.00000225. The first-order valence-corrected chi connectivity index (χ1v) is 6.15. The van der Waals surface area contributed by atoms with Gasteiger partial charge in [-0.3, -0.25) is 4.79 Å². The van der Waals surface area contributed by atoms with Crippen LogP contribution in [0.15, 0.2) is 29.2 Å². The van der Waals surface area contributed by atoms with Crippen molar-refractivity contribution in [1.82, 2.24) is 0 Å². The van der Waals surface area contributed by atoms with Crippen LogP contribution in [-0.4, -0.2) is 31.2 Å². The monoisotopic (exact) mass is 235 g/mol. The Hall–Kier alpha value is -0.735. The highest BCUT2D eigenvalue weighted by atomic mass is 32.2. The molecule has 0 fully saturated rings. The molecule has 0 saturated heterocycles. The molecule has 0 aliphatic heterocycles. The summed E-state index contributed by atoms with van der Waals surface area (Å²) in [6.07, 6.45) is 2.41. The van der Waals surface area contributed by atoms with E-state index in [1.165, 1.54) is 0 Å². The number of carbonyl (C=O) groups excluding carboxylic acids is 1. The summed E-state index contributed by atoms with van der Waals surface area (Å²) in [5, 5.41) is 9.82. The average Bonchev–Trinajstić information content (AvgIpc) is 2.28. The van der Waals surface area contributed by atoms with Gasteiger partial charge in [-0.25, -0.2) is 0 Å². The van der Waals surface area contributed by atoms with Crippen molar-refractivity contribution < 1.29 is 9.90 Å². The van der Waals surface area contributed by atoms with Gasteiger partial charge in [0.15, 0.2) is 5.78 Å². The molecule has 0 heterocycles. The number of thioether (sulfide) groups is 1. The van der Waals surface area contributed by atoms with E-state index in [2.05, 4.69) is 0 Å². The van der Waals surface area contributed by atoms with Gasteiger partial charge in [-0.2, -0.15) is 0 Å². The van der Waals surface area contributed by atoms with Gasteiger partial charge >= 0.3 is 0 Å². The predicted molar refractivity (Wildman–Crippen MR) is 69.2 cm³/mol. The number of rotatable bonds is 4. The summed E-state index contributed by atoms with van der Waals surface area (Å²) >= 11 is 1.63. The standard InChI is InChI=1S/C12H16O2S.B/c1-4-12(2,14)11(13)9-5-7-10(15-3)8-6-9;/h5-8,14H,4H2,1-3H3;/t12-;/m0./s1. The maximum absolute atomic E-state index is 11.8. The number of hydrogen-bond donors (Lipinski definition) is 1. The van der Waals surface area contributed by atoms with Gasteiger partial charge in [0, 0.05) is 18.9 Å². The molecule has 4 heteroatoms. The average molecular weight is 235 g/mol. The molecule has 1 rings (SSSR count). The molecule has 1 aromatic carbocycles. The third-order valence-electron chi connectivity index (χ3n) is 2.53. The van der Waals surface area contributed by atoms with Crippen molar-refractivity contribution in [1.29, 1.82) is 0 Å². The maximum Gasteiger partial charge on any atom is 0.194 e. The minimum absolute atomic E-state index is 0. The molecular weight excluding hydrogens is 219 g/mol. The molecule has 0 saturated carbocycles. The molecule has 3 radical (unpaired) electrons. The van der Waals surface area contributed by atoms with Gasteiger partial charge < -0.3 is 5.11 Å². The molecule has 1 aromatic rings. The minimum Gasteiger partial charge on any atom is -0.382 e. The van der Waals surface area contributed by atoms with Crippen LogP contribution in [0, 0.1) is 0 Å². The quantitative estimate of drug-likeness (QED) is 0.494. The first-order valence-electron chi connectivity index (χ1n) is 4.92. The van der Waals surface area contributed by atoms with Gasteiger partial charge in [0.05, 0.1) is 0 Å². The zero-order valence-electron chi connectivity index (χ0n) is 9.86. The van der Waals surface area contributed by atoms with Gasteiger partial charge in [-0.05, 0) is 31.7 Å². The van der Waals surface area contributed by atoms with Crippen LogP contribution in [0.25, 0.3) is 0 Å². The largest absolute Gasteiger partial charge is 0.382 e. The second-order valence-corrected chi connectivity index (χ2v) is 4.56. The van der Waals surface area contributed by atoms with Crippen molar-refractivity contribution in [3.63, 3.8) is 0 Å². The first kappa shape index (κ1) is 15.3. The Bertz CT molecular complexity index is 347. The number of ketones is 1. The molecule has 0 aromatic heterocycles. The van der Waals surface area contributed by atoms with E-state index in [9.17, 15) is 9.90 Å². The number of aliphatic hydroxyl groups is 1. The zero-order chi connectivity index (χ0) is 11.5. The summed E-state index contributed by atoms with van der Waals surface area (Å²) in [5.74, 6) is -0.211. The second kappa shape index (κ2) is 6.11. The van der Waals surface area contributed by atoms with Crippen LogP contribution in [0.2, 0.25) is 0 Å². The van der Waals surface area contributed by atoms with Crippen molar-refractivity contribution >= 4 is 26.0 Å². The molecule has 1 N–H and O–H groups in total. The van der Waals surface area contributed by atoms with E-state index in [0.29, 0.717) is 12.0 Å². The van der Waals surface area contributed by atoms with Crippen LogP contribution >= 0.6 is 11.8 Å². The number of hydrogen-bond acceptors (Lipinski definition) is 3. The molecule has 0 aliphatic rings. The van der Waals surface area contributed by atoms with E-state index >= 15 is 0 Å². The van der Waals surface area contributed by atoms with Gasteiger partial charge in [0.2, 0.25) is 0 Å². The molecule has 0 amide bonds. The Labute approximate surface area is 103 Å². The first-order chi connectivity index (χ1) is 7.01. The SMILES string of the molecule is CC[C@](C)(O)C(=O)c1ccc(SC)cc1.[B]. The van der Waals surface area contributed by atoms with E-state index in [1.54, 1.807) is 37.7 Å². The summed E-state index contributed by atoms with van der Waals surface area (Å²) in [4.78, 5) is 13.0. The highest BCUT2D eigenvalue weighted by Crippen LogP contribution is 2.20. The van der Waals surface area contributed by atoms with Gasteiger partial charge in [0.25, 0.3) is 0 Å². The Morgan fingerprint density at radius 2 is 1.88 bits per heavy atom. The van der Waals surface area contributed by atoms with Crippen LogP contribution in [0.5, 0.6) is 0 Å². The van der Waals surface area contributed by atoms with Crippen LogP contribution in [0.1, 0.15) is 30.6 Å². The molecule has 0 spiro atoms. The lowest BCUT2D eigenvalue weighted by molar-refractivity contribution is 0.0390. The molecule has 1 atom stereocenters. The van der Waals surface area contributed by atoms with E-state index in [-0.39, 0.29) is 14.2 Å². The smallest absolute Gasteiger partial charge is 0.194 e. The van der Waals surface area contributed by atoms with Crippen LogP contribution in [0.3, 0.4) is 0 Å². The van der Waals surface area contributed by atoms with Crippen LogP contribution in [0.4, 0.5) is 0 Å². The number of carbonyl (C=O) groups is 1. The van der Waals surface area contributed by atoms with Crippen LogP contribution < -0.4 is 0 Å². The van der Waals surface area contributed by atoms with Crippen molar-refractivity contribution in [2.75, 3.05) is 6.26 Å². The Kier molecular flexibility index (Phi) is 5.83. The normalized spacial score (nSPS) is 13.8. The van der Waals surface area contributed by atoms with E-state index in [4.69, 9.17) is 0 Å². The van der Waals surface area contributed by atoms with Crippen molar-refractivity contribution in [2.45, 2.75) is 30.8 Å². The summed E-state index contributed by atoms with van der Waals surface area (Å²) < 4.78 is 0. The highest BCUT2D eigenvalue weighted by Gasteiger charge is 2.28. The van der Waals surface area contributed by atoms with Crippen LogP contribution in [-0.2, 0) is 0 Å². The van der Waals surface area contributed by atoms with Crippen molar-refractivity contribution in [3.8, 4) is 0 Å². The molecule has 16 heavy (non-hydrogen) atoms. The van der Waals surface area contributed by atoms with E-state index in [0.717, 1.165) is 4.90 Å². The van der Waals surface area contributed by atoms with Gasteiger partial charge in [-0.1, -0.05) is 19.1 Å². The molecule has 85 valence electrons. The number of Topliss-reactive ketones (excluding diaryl/α,β-unsaturated/α-hetero) is 1. The highest BCUT2D eigenvalue weighted by molar-refractivity contribution is 7.98. The molecule has 0 aliphatic carbocycles. The third-order valence-corrected chi connectivity index (χ3v) is 3.27. The maximum atomic E-state index is 11.8. The van der Waals surface area contributed by atoms with E-state index < -0.39 is 5.60 Å². The zero-order valence-corrected chi connectivity index (χ0v) is 10.7. The molecule has 2 nitrogen and oxygen atoms in total. The number of benzene rings is 1. The lowest BCUT2D eigenvalue weighted by Crippen LogP contribution is -2.34. The Morgan fingerprint density at radius 1 is 1.38 bits per heavy atom. The fourth-order valence-corrected chi connectivity index (χ4v) is 1.62. The minimum atomic E-state index is -1.25. The molecule has 0 bridgehead atoms. The fraction of sp³-hybridized carbons (Fsp3) is 0.417. The third kappa shape index (κ3) is 3.39. The summed E-state index contributed by atoms with van der Waals surface area (Å²) in [6, 6.07) is 7.31.